The molecule has 3 nitrogen and oxygen atoms in total. The van der Waals surface area contributed by atoms with Crippen molar-refractivity contribution >= 4 is 0 Å². The third-order valence-corrected chi connectivity index (χ3v) is 4.17. The van der Waals surface area contributed by atoms with Crippen molar-refractivity contribution in [2.24, 2.45) is 5.92 Å². The highest BCUT2D eigenvalue weighted by molar-refractivity contribution is 5.11. The first-order valence-corrected chi connectivity index (χ1v) is 7.76. The van der Waals surface area contributed by atoms with Gasteiger partial charge >= 0.3 is 0 Å². The van der Waals surface area contributed by atoms with Gasteiger partial charge < -0.3 is 9.73 Å². The Labute approximate surface area is 117 Å². The first kappa shape index (κ1) is 14.6. The lowest BCUT2D eigenvalue weighted by Gasteiger charge is -2.30. The largest absolute Gasteiger partial charge is 0.445 e. The van der Waals surface area contributed by atoms with E-state index in [2.05, 4.69) is 31.1 Å². The van der Waals surface area contributed by atoms with Crippen molar-refractivity contribution in [3.8, 4) is 0 Å². The van der Waals surface area contributed by atoms with Crippen molar-refractivity contribution in [2.45, 2.75) is 64.7 Å². The van der Waals surface area contributed by atoms with Gasteiger partial charge in [0.25, 0.3) is 0 Å². The van der Waals surface area contributed by atoms with Crippen LogP contribution in [0.2, 0.25) is 0 Å². The van der Waals surface area contributed by atoms with Crippen LogP contribution in [0, 0.1) is 5.92 Å². The smallest absolute Gasteiger partial charge is 0.195 e. The molecule has 1 aromatic rings. The zero-order chi connectivity index (χ0) is 13.7. The van der Waals surface area contributed by atoms with E-state index in [1.807, 2.05) is 6.20 Å². The molecule has 1 heterocycles. The van der Waals surface area contributed by atoms with E-state index in [9.17, 15) is 0 Å². The van der Waals surface area contributed by atoms with Crippen LogP contribution < -0.4 is 5.32 Å². The van der Waals surface area contributed by atoms with E-state index in [0.29, 0.717) is 5.92 Å². The molecule has 0 spiro atoms. The highest BCUT2D eigenvalue weighted by atomic mass is 16.4. The Hall–Kier alpha value is -0.830. The maximum absolute atomic E-state index is 5.98. The van der Waals surface area contributed by atoms with Gasteiger partial charge in [0.05, 0.1) is 6.20 Å². The number of aromatic nitrogens is 1. The summed E-state index contributed by atoms with van der Waals surface area (Å²) in [5, 5.41) is 3.43. The van der Waals surface area contributed by atoms with E-state index in [-0.39, 0.29) is 5.41 Å². The van der Waals surface area contributed by atoms with Crippen LogP contribution in [0.25, 0.3) is 0 Å². The van der Waals surface area contributed by atoms with E-state index in [0.717, 1.165) is 31.2 Å². The fraction of sp³-hybridized carbons (Fsp3) is 0.812. The molecule has 1 aliphatic rings. The number of oxazole rings is 1. The minimum absolute atomic E-state index is 0.231. The lowest BCUT2D eigenvalue weighted by Crippen LogP contribution is -2.24. The van der Waals surface area contributed by atoms with Crippen LogP contribution >= 0.6 is 0 Å². The Kier molecular flexibility index (Phi) is 5.03. The molecular weight excluding hydrogens is 236 g/mol. The molecule has 1 fully saturated rings. The van der Waals surface area contributed by atoms with Crippen LogP contribution in [-0.2, 0) is 11.8 Å². The highest BCUT2D eigenvalue weighted by Gasteiger charge is 2.32. The fourth-order valence-corrected chi connectivity index (χ4v) is 2.87. The first-order chi connectivity index (χ1) is 9.10. The summed E-state index contributed by atoms with van der Waals surface area (Å²) in [6.45, 7) is 8.79. The zero-order valence-electron chi connectivity index (χ0n) is 12.7. The van der Waals surface area contributed by atoms with Crippen molar-refractivity contribution in [3.63, 3.8) is 0 Å². The molecule has 1 aromatic heterocycles. The summed E-state index contributed by atoms with van der Waals surface area (Å²) in [5.41, 5.74) is 0.231. The van der Waals surface area contributed by atoms with Crippen molar-refractivity contribution in [3.05, 3.63) is 17.8 Å². The zero-order valence-corrected chi connectivity index (χ0v) is 12.7. The second kappa shape index (κ2) is 6.56. The summed E-state index contributed by atoms with van der Waals surface area (Å²) < 4.78 is 5.98. The fourth-order valence-electron chi connectivity index (χ4n) is 2.87. The number of nitrogens with zero attached hydrogens (tertiary/aromatic N) is 1. The van der Waals surface area contributed by atoms with Gasteiger partial charge in [-0.25, -0.2) is 4.98 Å². The van der Waals surface area contributed by atoms with Gasteiger partial charge in [0, 0.05) is 18.4 Å². The summed E-state index contributed by atoms with van der Waals surface area (Å²) in [4.78, 5) is 4.45. The second-order valence-electron chi connectivity index (χ2n) is 6.59. The molecule has 1 saturated carbocycles. The van der Waals surface area contributed by atoms with Crippen LogP contribution in [-0.4, -0.2) is 18.1 Å². The Morgan fingerprint density at radius 2 is 2.05 bits per heavy atom. The molecule has 19 heavy (non-hydrogen) atoms. The summed E-state index contributed by atoms with van der Waals surface area (Å²) in [5.74, 6) is 2.69. The quantitative estimate of drug-likeness (QED) is 0.796. The lowest BCUT2D eigenvalue weighted by molar-refractivity contribution is 0.260. The van der Waals surface area contributed by atoms with Gasteiger partial charge in [0.2, 0.25) is 0 Å². The van der Waals surface area contributed by atoms with E-state index < -0.39 is 0 Å². The molecule has 0 bridgehead atoms. The molecule has 0 saturated heterocycles. The van der Waals surface area contributed by atoms with E-state index in [4.69, 9.17) is 4.42 Å². The van der Waals surface area contributed by atoms with Crippen molar-refractivity contribution in [2.75, 3.05) is 13.1 Å². The van der Waals surface area contributed by atoms with Gasteiger partial charge in [-0.1, -0.05) is 40.0 Å². The Balaban J connectivity index is 1.84. The molecule has 0 atom stereocenters. The van der Waals surface area contributed by atoms with Gasteiger partial charge in [0.15, 0.2) is 5.89 Å². The number of hydrogen-bond acceptors (Lipinski definition) is 3. The molecule has 0 amide bonds. The average Bonchev–Trinajstić information content (AvgIpc) is 2.85. The third-order valence-electron chi connectivity index (χ3n) is 4.17. The van der Waals surface area contributed by atoms with E-state index in [1.165, 1.54) is 32.1 Å². The monoisotopic (exact) mass is 264 g/mol. The molecule has 0 unspecified atom stereocenters. The third kappa shape index (κ3) is 4.07. The summed E-state index contributed by atoms with van der Waals surface area (Å²) in [7, 11) is 0. The van der Waals surface area contributed by atoms with Gasteiger partial charge in [-0.05, 0) is 25.3 Å². The topological polar surface area (TPSA) is 38.1 Å². The molecule has 1 N–H and O–H groups in total. The molecule has 0 aromatic carbocycles. The maximum atomic E-state index is 5.98. The standard InChI is InChI=1S/C16H28N2O/c1-13(2)11-17-10-7-15-18-12-14(19-15)16(3)8-5-4-6-9-16/h12-13,17H,4-11H2,1-3H3. The molecule has 1 aliphatic carbocycles. The predicted octanol–water partition coefficient (Wildman–Crippen LogP) is 3.68. The van der Waals surface area contributed by atoms with E-state index in [1.54, 1.807) is 0 Å². The van der Waals surface area contributed by atoms with Crippen LogP contribution in [0.1, 0.15) is 64.5 Å². The van der Waals surface area contributed by atoms with Crippen molar-refractivity contribution in [1.82, 2.24) is 10.3 Å². The SMILES string of the molecule is CC(C)CNCCc1ncc(C2(C)CCCCC2)o1. The number of nitrogens with one attached hydrogen (secondary N) is 1. The second-order valence-corrected chi connectivity index (χ2v) is 6.59. The molecule has 0 aliphatic heterocycles. The normalized spacial score (nSPS) is 18.9. The van der Waals surface area contributed by atoms with Gasteiger partial charge in [-0.15, -0.1) is 0 Å². The highest BCUT2D eigenvalue weighted by Crippen LogP contribution is 2.39. The maximum Gasteiger partial charge on any atom is 0.195 e. The van der Waals surface area contributed by atoms with Crippen molar-refractivity contribution in [1.29, 1.82) is 0 Å². The first-order valence-electron chi connectivity index (χ1n) is 7.76. The number of hydrogen-bond donors (Lipinski definition) is 1. The van der Waals surface area contributed by atoms with Crippen LogP contribution in [0.4, 0.5) is 0 Å². The minimum atomic E-state index is 0.231. The summed E-state index contributed by atoms with van der Waals surface area (Å²) in [6.07, 6.45) is 9.35. The van der Waals surface area contributed by atoms with E-state index >= 15 is 0 Å². The van der Waals surface area contributed by atoms with Crippen molar-refractivity contribution < 1.29 is 4.42 Å². The summed E-state index contributed by atoms with van der Waals surface area (Å²) >= 11 is 0. The van der Waals surface area contributed by atoms with Crippen LogP contribution in [0.5, 0.6) is 0 Å². The van der Waals surface area contributed by atoms with Gasteiger partial charge in [-0.2, -0.15) is 0 Å². The molecule has 0 radical (unpaired) electrons. The Morgan fingerprint density at radius 3 is 2.74 bits per heavy atom. The van der Waals surface area contributed by atoms with Crippen LogP contribution in [0.3, 0.4) is 0 Å². The lowest BCUT2D eigenvalue weighted by atomic mass is 9.74. The van der Waals surface area contributed by atoms with Gasteiger partial charge in [-0.3, -0.25) is 0 Å². The molecular formula is C16H28N2O. The number of rotatable bonds is 6. The van der Waals surface area contributed by atoms with Gasteiger partial charge in [0.1, 0.15) is 5.76 Å². The molecule has 2 rings (SSSR count). The van der Waals surface area contributed by atoms with Crippen LogP contribution in [0.15, 0.2) is 10.6 Å². The predicted molar refractivity (Wildman–Crippen MR) is 78.4 cm³/mol. The average molecular weight is 264 g/mol. The minimum Gasteiger partial charge on any atom is -0.445 e. The molecule has 108 valence electrons. The Bertz CT molecular complexity index is 378. The molecule has 3 heteroatoms. The Morgan fingerprint density at radius 1 is 1.32 bits per heavy atom. The summed E-state index contributed by atoms with van der Waals surface area (Å²) in [6, 6.07) is 0.